The molecule has 0 heterocycles. The molecular formula is C8H8Na4O14S2. The fourth-order valence-electron chi connectivity index (χ4n) is 0.923. The van der Waals surface area contributed by atoms with Crippen molar-refractivity contribution < 1.29 is 184 Å². The predicted molar refractivity (Wildman–Crippen MR) is 59.9 cm³/mol. The van der Waals surface area contributed by atoms with Crippen LogP contribution < -0.4 is 139 Å². The van der Waals surface area contributed by atoms with Crippen LogP contribution in [0.3, 0.4) is 0 Å². The Balaban J connectivity index is -0.0000000756. The summed E-state index contributed by atoms with van der Waals surface area (Å²) in [5.74, 6) is -8.16. The summed E-state index contributed by atoms with van der Waals surface area (Å²) in [6.45, 7) is 0. The maximum Gasteiger partial charge on any atom is 1.00 e. The van der Waals surface area contributed by atoms with E-state index in [0.29, 0.717) is 0 Å². The Morgan fingerprint density at radius 2 is 0.786 bits per heavy atom. The first-order valence-corrected chi connectivity index (χ1v) is 8.24. The van der Waals surface area contributed by atoms with Crippen LogP contribution in [0.4, 0.5) is 0 Å². The molecule has 0 rings (SSSR count). The molecule has 14 nitrogen and oxygen atoms in total. The minimum Gasteiger partial charge on any atom is -0.550 e. The summed E-state index contributed by atoms with van der Waals surface area (Å²) < 4.78 is 56.9. The Hall–Kier alpha value is 1.70. The number of carboxylic acids is 4. The smallest absolute Gasteiger partial charge is 0.550 e. The molecule has 140 valence electrons. The van der Waals surface area contributed by atoms with E-state index in [-0.39, 0.29) is 118 Å². The van der Waals surface area contributed by atoms with E-state index in [1.807, 2.05) is 0 Å². The first-order chi connectivity index (χ1) is 10.5. The van der Waals surface area contributed by atoms with Gasteiger partial charge in [-0.15, -0.1) is 0 Å². The monoisotopic (exact) mass is 484 g/mol. The summed E-state index contributed by atoms with van der Waals surface area (Å²) in [7, 11) is -9.88. The van der Waals surface area contributed by atoms with Crippen LogP contribution >= 0.6 is 0 Å². The van der Waals surface area contributed by atoms with Gasteiger partial charge in [-0.2, -0.15) is 16.8 Å². The average molecular weight is 484 g/mol. The molecule has 2 N–H and O–H groups in total. The topological polar surface area (TPSA) is 269 Å². The predicted octanol–water partition coefficient (Wildman–Crippen LogP) is -19.7. The van der Waals surface area contributed by atoms with Gasteiger partial charge in [0.25, 0.3) is 20.2 Å². The van der Waals surface area contributed by atoms with Gasteiger partial charge in [-0.05, 0) is 0 Å². The molecule has 0 aliphatic heterocycles. The molecule has 28 heavy (non-hydrogen) atoms. The van der Waals surface area contributed by atoms with Gasteiger partial charge in [0.2, 0.25) is 0 Å². The quantitative estimate of drug-likeness (QED) is 0.239. The van der Waals surface area contributed by atoms with Crippen molar-refractivity contribution >= 4 is 44.1 Å². The van der Waals surface area contributed by atoms with Crippen LogP contribution in [-0.4, -0.2) is 60.3 Å². The van der Waals surface area contributed by atoms with Crippen molar-refractivity contribution in [3.8, 4) is 0 Å². The second-order valence-corrected chi connectivity index (χ2v) is 7.00. The second-order valence-electron chi connectivity index (χ2n) is 3.80. The zero-order chi connectivity index (χ0) is 19.9. The molecule has 0 aromatic carbocycles. The van der Waals surface area contributed by atoms with E-state index in [1.54, 1.807) is 0 Å². The van der Waals surface area contributed by atoms with Crippen LogP contribution in [0.2, 0.25) is 0 Å². The molecule has 2 atom stereocenters. The van der Waals surface area contributed by atoms with Crippen molar-refractivity contribution in [1.29, 1.82) is 0 Å². The maximum atomic E-state index is 10.2. The van der Waals surface area contributed by atoms with E-state index in [4.69, 9.17) is 9.11 Å². The third kappa shape index (κ3) is 22.4. The Morgan fingerprint density at radius 1 is 0.607 bits per heavy atom. The summed E-state index contributed by atoms with van der Waals surface area (Å²) in [4.78, 5) is 39.4. The average Bonchev–Trinajstić information content (AvgIpc) is 2.30. The van der Waals surface area contributed by atoms with Crippen molar-refractivity contribution in [3.63, 3.8) is 0 Å². The Morgan fingerprint density at radius 3 is 0.821 bits per heavy atom. The van der Waals surface area contributed by atoms with Crippen molar-refractivity contribution in [2.24, 2.45) is 0 Å². The third-order valence-corrected chi connectivity index (χ3v) is 4.11. The number of rotatable bonds is 8. The molecule has 0 aliphatic carbocycles. The van der Waals surface area contributed by atoms with Crippen LogP contribution in [0.5, 0.6) is 0 Å². The summed E-state index contributed by atoms with van der Waals surface area (Å²) in [6, 6.07) is 0. The van der Waals surface area contributed by atoms with Crippen LogP contribution in [0.1, 0.15) is 12.8 Å². The van der Waals surface area contributed by atoms with Gasteiger partial charge in [-0.1, -0.05) is 0 Å². The maximum absolute atomic E-state index is 10.2. The fourth-order valence-corrected chi connectivity index (χ4v) is 2.10. The first kappa shape index (κ1) is 43.6. The molecule has 2 unspecified atom stereocenters. The van der Waals surface area contributed by atoms with E-state index in [2.05, 4.69) is 0 Å². The molecule has 0 bridgehead atoms. The van der Waals surface area contributed by atoms with E-state index in [9.17, 15) is 56.4 Å². The SMILES string of the molecule is O=C([O-])CC(C(=O)[O-])S(=O)(=O)O.O=C([O-])CC(C(=O)[O-])S(=O)(=O)O.[Na+].[Na+].[Na+].[Na+]. The molecule has 0 radical (unpaired) electrons. The fraction of sp³-hybridized carbons (Fsp3) is 0.500. The van der Waals surface area contributed by atoms with Gasteiger partial charge >= 0.3 is 118 Å². The molecule has 0 spiro atoms. The van der Waals surface area contributed by atoms with E-state index < -0.39 is 67.5 Å². The van der Waals surface area contributed by atoms with Crippen molar-refractivity contribution in [1.82, 2.24) is 0 Å². The second kappa shape index (κ2) is 19.4. The van der Waals surface area contributed by atoms with Crippen molar-refractivity contribution in [2.75, 3.05) is 0 Å². The standard InChI is InChI=1S/2C4H6O7S.4Na/c2*5-3(6)1-2(4(7)8)12(9,10)11;;;;/h2*2H,1H2,(H,5,6)(H,7,8)(H,9,10,11);;;;/q;;4*+1/p-4. The van der Waals surface area contributed by atoms with Crippen LogP contribution in [0.25, 0.3) is 0 Å². The third-order valence-electron chi connectivity index (χ3n) is 1.95. The van der Waals surface area contributed by atoms with E-state index in [1.165, 1.54) is 0 Å². The normalized spacial score (nSPS) is 11.8. The Labute approximate surface area is 247 Å². The number of hydrogen-bond donors (Lipinski definition) is 2. The summed E-state index contributed by atoms with van der Waals surface area (Å²) in [6.07, 6.45) is -2.66. The summed E-state index contributed by atoms with van der Waals surface area (Å²) in [5.41, 5.74) is 0. The summed E-state index contributed by atoms with van der Waals surface area (Å²) in [5, 5.41) is 34.5. The number of aliphatic carboxylic acids is 4. The van der Waals surface area contributed by atoms with Gasteiger partial charge in [-0.25, -0.2) is 0 Å². The van der Waals surface area contributed by atoms with Gasteiger partial charge < -0.3 is 39.6 Å². The van der Waals surface area contributed by atoms with Gasteiger partial charge in [-0.3, -0.25) is 9.11 Å². The van der Waals surface area contributed by atoms with Crippen LogP contribution in [0, 0.1) is 0 Å². The van der Waals surface area contributed by atoms with Crippen LogP contribution in [-0.2, 0) is 39.4 Å². The first-order valence-electron chi connectivity index (χ1n) is 5.24. The largest absolute Gasteiger partial charge is 1.00 e. The number of carboxylic acid groups (broad SMARTS) is 4. The van der Waals surface area contributed by atoms with Gasteiger partial charge in [0.15, 0.2) is 0 Å². The minimum absolute atomic E-state index is 0. The molecular weight excluding hydrogens is 476 g/mol. The molecule has 0 saturated carbocycles. The zero-order valence-electron chi connectivity index (χ0n) is 15.2. The zero-order valence-corrected chi connectivity index (χ0v) is 24.8. The Bertz CT molecular complexity index is 656. The molecule has 0 aromatic heterocycles. The van der Waals surface area contributed by atoms with Gasteiger partial charge in [0.05, 0.1) is 11.9 Å². The van der Waals surface area contributed by atoms with Crippen molar-refractivity contribution in [3.05, 3.63) is 0 Å². The minimum atomic E-state index is -4.94. The van der Waals surface area contributed by atoms with E-state index >= 15 is 0 Å². The van der Waals surface area contributed by atoms with Crippen molar-refractivity contribution in [2.45, 2.75) is 23.3 Å². The Kier molecular flexibility index (Phi) is 30.2. The number of carbonyl (C=O) groups is 4. The summed E-state index contributed by atoms with van der Waals surface area (Å²) >= 11 is 0. The molecule has 0 aliphatic rings. The molecule has 0 saturated heterocycles. The van der Waals surface area contributed by atoms with E-state index in [0.717, 1.165) is 0 Å². The molecule has 0 aromatic rings. The number of carbonyl (C=O) groups excluding carboxylic acids is 4. The van der Waals surface area contributed by atoms with Gasteiger partial charge in [0.1, 0.15) is 10.5 Å². The molecule has 0 fully saturated rings. The van der Waals surface area contributed by atoms with Crippen LogP contribution in [0.15, 0.2) is 0 Å². The van der Waals surface area contributed by atoms with Gasteiger partial charge in [0, 0.05) is 24.8 Å². The molecule has 20 heteroatoms. The molecule has 0 amide bonds. The number of hydrogen-bond acceptors (Lipinski definition) is 12.